The molecular formula is C20H20ClFN6O. The first-order chi connectivity index (χ1) is 14.1. The first kappa shape index (κ1) is 19.5. The first-order valence-electron chi connectivity index (χ1n) is 9.43. The van der Waals surface area contributed by atoms with Crippen LogP contribution in [0, 0.1) is 5.82 Å². The molecule has 0 saturated carbocycles. The molecular weight excluding hydrogens is 395 g/mol. The van der Waals surface area contributed by atoms with E-state index in [4.69, 9.17) is 11.6 Å². The Morgan fingerprint density at radius 3 is 2.72 bits per heavy atom. The van der Waals surface area contributed by atoms with E-state index in [1.165, 1.54) is 17.1 Å². The number of likely N-dealkylation sites (tertiary alicyclic amines) is 1. The van der Waals surface area contributed by atoms with E-state index in [2.05, 4.69) is 25.7 Å². The average molecular weight is 415 g/mol. The van der Waals surface area contributed by atoms with E-state index >= 15 is 0 Å². The van der Waals surface area contributed by atoms with E-state index < -0.39 is 0 Å². The van der Waals surface area contributed by atoms with Crippen LogP contribution in [-0.4, -0.2) is 50.6 Å². The lowest BCUT2D eigenvalue weighted by molar-refractivity contribution is 0.0937. The Morgan fingerprint density at radius 1 is 1.21 bits per heavy atom. The number of hydrogen-bond acceptors (Lipinski definition) is 5. The van der Waals surface area contributed by atoms with E-state index in [0.29, 0.717) is 21.8 Å². The van der Waals surface area contributed by atoms with Crippen LogP contribution in [0.5, 0.6) is 0 Å². The van der Waals surface area contributed by atoms with Gasteiger partial charge in [-0.3, -0.25) is 9.69 Å². The molecule has 150 valence electrons. The standard InChI is InChI=1S/C20H20ClFN6O/c21-16-7-4-8-17(22)19(16)18(27-9-1-2-10-27)12-23-20(29)14-5-3-6-15(11-14)28-13-24-25-26-28/h3-8,11,13,18H,1-2,9-10,12H2,(H,23,29). The molecule has 1 amide bonds. The second kappa shape index (κ2) is 8.67. The number of nitrogens with zero attached hydrogens (tertiary/aromatic N) is 5. The predicted octanol–water partition coefficient (Wildman–Crippen LogP) is 3.02. The molecule has 1 N–H and O–H groups in total. The largest absolute Gasteiger partial charge is 0.350 e. The van der Waals surface area contributed by atoms with Crippen molar-refractivity contribution in [3.05, 3.63) is 70.8 Å². The number of halogens is 2. The van der Waals surface area contributed by atoms with Crippen LogP contribution in [0.4, 0.5) is 4.39 Å². The quantitative estimate of drug-likeness (QED) is 0.671. The van der Waals surface area contributed by atoms with Gasteiger partial charge in [-0.05, 0) is 66.7 Å². The van der Waals surface area contributed by atoms with E-state index in [1.54, 1.807) is 36.4 Å². The predicted molar refractivity (Wildman–Crippen MR) is 106 cm³/mol. The molecule has 7 nitrogen and oxygen atoms in total. The zero-order valence-corrected chi connectivity index (χ0v) is 16.4. The molecule has 1 atom stereocenters. The molecule has 2 heterocycles. The highest BCUT2D eigenvalue weighted by atomic mass is 35.5. The van der Waals surface area contributed by atoms with Crippen LogP contribution in [-0.2, 0) is 0 Å². The zero-order valence-electron chi connectivity index (χ0n) is 15.6. The highest BCUT2D eigenvalue weighted by Crippen LogP contribution is 2.32. The third-order valence-corrected chi connectivity index (χ3v) is 5.42. The Kier molecular flexibility index (Phi) is 5.82. The molecule has 0 bridgehead atoms. The molecule has 4 rings (SSSR count). The zero-order chi connectivity index (χ0) is 20.2. The van der Waals surface area contributed by atoms with Crippen LogP contribution in [0.15, 0.2) is 48.8 Å². The second-order valence-corrected chi connectivity index (χ2v) is 7.32. The van der Waals surface area contributed by atoms with Gasteiger partial charge in [0.1, 0.15) is 12.1 Å². The molecule has 9 heteroatoms. The van der Waals surface area contributed by atoms with Gasteiger partial charge >= 0.3 is 0 Å². The second-order valence-electron chi connectivity index (χ2n) is 6.91. The van der Waals surface area contributed by atoms with Gasteiger partial charge in [0, 0.05) is 22.7 Å². The van der Waals surface area contributed by atoms with Gasteiger partial charge in [0.05, 0.1) is 11.7 Å². The summed E-state index contributed by atoms with van der Waals surface area (Å²) in [7, 11) is 0. The molecule has 0 radical (unpaired) electrons. The Labute approximate surface area is 172 Å². The SMILES string of the molecule is O=C(NCC(c1c(F)cccc1Cl)N1CCCC1)c1cccc(-n2cnnn2)c1. The van der Waals surface area contributed by atoms with Crippen LogP contribution in [0.1, 0.15) is 34.8 Å². The van der Waals surface area contributed by atoms with E-state index in [-0.39, 0.29) is 24.3 Å². The number of amides is 1. The monoisotopic (exact) mass is 414 g/mol. The fraction of sp³-hybridized carbons (Fsp3) is 0.300. The number of tetrazole rings is 1. The van der Waals surface area contributed by atoms with E-state index in [1.807, 2.05) is 0 Å². The Morgan fingerprint density at radius 2 is 2.00 bits per heavy atom. The molecule has 0 aliphatic carbocycles. The maximum atomic E-state index is 14.6. The minimum Gasteiger partial charge on any atom is -0.350 e. The van der Waals surface area contributed by atoms with Gasteiger partial charge in [-0.15, -0.1) is 5.10 Å². The van der Waals surface area contributed by atoms with Gasteiger partial charge < -0.3 is 5.32 Å². The number of nitrogens with one attached hydrogen (secondary N) is 1. The van der Waals surface area contributed by atoms with Crippen molar-refractivity contribution in [3.63, 3.8) is 0 Å². The first-order valence-corrected chi connectivity index (χ1v) is 9.81. The topological polar surface area (TPSA) is 75.9 Å². The van der Waals surface area contributed by atoms with Crippen molar-refractivity contribution in [3.8, 4) is 5.69 Å². The molecule has 1 fully saturated rings. The lowest BCUT2D eigenvalue weighted by Gasteiger charge is -2.29. The van der Waals surface area contributed by atoms with Crippen molar-refractivity contribution in [2.75, 3.05) is 19.6 Å². The van der Waals surface area contributed by atoms with E-state index in [0.717, 1.165) is 25.9 Å². The van der Waals surface area contributed by atoms with Crippen molar-refractivity contribution < 1.29 is 9.18 Å². The van der Waals surface area contributed by atoms with Crippen molar-refractivity contribution in [2.24, 2.45) is 0 Å². The highest BCUT2D eigenvalue weighted by molar-refractivity contribution is 6.31. The summed E-state index contributed by atoms with van der Waals surface area (Å²) < 4.78 is 16.0. The van der Waals surface area contributed by atoms with Crippen molar-refractivity contribution in [2.45, 2.75) is 18.9 Å². The number of aromatic nitrogens is 4. The summed E-state index contributed by atoms with van der Waals surface area (Å²) in [5.41, 5.74) is 1.58. The smallest absolute Gasteiger partial charge is 0.251 e. The summed E-state index contributed by atoms with van der Waals surface area (Å²) in [6, 6.07) is 11.3. The minimum atomic E-state index is -0.357. The fourth-order valence-electron chi connectivity index (χ4n) is 3.66. The lowest BCUT2D eigenvalue weighted by atomic mass is 10.0. The molecule has 0 spiro atoms. The molecule has 1 aromatic heterocycles. The fourth-order valence-corrected chi connectivity index (χ4v) is 3.95. The van der Waals surface area contributed by atoms with E-state index in [9.17, 15) is 9.18 Å². The van der Waals surface area contributed by atoms with Gasteiger partial charge in [0.15, 0.2) is 0 Å². The van der Waals surface area contributed by atoms with Gasteiger partial charge in [-0.1, -0.05) is 23.7 Å². The highest BCUT2D eigenvalue weighted by Gasteiger charge is 2.28. The third-order valence-electron chi connectivity index (χ3n) is 5.09. The minimum absolute atomic E-state index is 0.253. The summed E-state index contributed by atoms with van der Waals surface area (Å²) in [5.74, 6) is -0.610. The molecule has 29 heavy (non-hydrogen) atoms. The Hall–Kier alpha value is -2.84. The summed E-state index contributed by atoms with van der Waals surface area (Å²) >= 11 is 6.31. The molecule has 1 saturated heterocycles. The van der Waals surface area contributed by atoms with Crippen LogP contribution >= 0.6 is 11.6 Å². The van der Waals surface area contributed by atoms with Crippen LogP contribution in [0.25, 0.3) is 5.69 Å². The van der Waals surface area contributed by atoms with Crippen LogP contribution < -0.4 is 5.32 Å². The van der Waals surface area contributed by atoms with Crippen molar-refractivity contribution in [1.29, 1.82) is 0 Å². The molecule has 1 aliphatic rings. The summed E-state index contributed by atoms with van der Waals surface area (Å²) in [4.78, 5) is 14.9. The van der Waals surface area contributed by atoms with Gasteiger partial charge in [0.2, 0.25) is 0 Å². The van der Waals surface area contributed by atoms with Crippen LogP contribution in [0.2, 0.25) is 5.02 Å². The Bertz CT molecular complexity index is 970. The normalized spacial score (nSPS) is 15.4. The van der Waals surface area contributed by atoms with Gasteiger partial charge in [-0.25, -0.2) is 9.07 Å². The number of carbonyl (C=O) groups is 1. The number of benzene rings is 2. The number of hydrogen-bond donors (Lipinski definition) is 1. The molecule has 2 aromatic carbocycles. The van der Waals surface area contributed by atoms with Crippen molar-refractivity contribution in [1.82, 2.24) is 30.4 Å². The number of carbonyl (C=O) groups excluding carboxylic acids is 1. The molecule has 3 aromatic rings. The summed E-state index contributed by atoms with van der Waals surface area (Å²) in [6.07, 6.45) is 3.55. The average Bonchev–Trinajstić information content (AvgIpc) is 3.44. The third kappa shape index (κ3) is 4.28. The summed E-state index contributed by atoms with van der Waals surface area (Å²) in [6.45, 7) is 1.95. The van der Waals surface area contributed by atoms with Crippen LogP contribution in [0.3, 0.4) is 0 Å². The van der Waals surface area contributed by atoms with Gasteiger partial charge in [-0.2, -0.15) is 0 Å². The maximum Gasteiger partial charge on any atom is 0.251 e. The number of rotatable bonds is 6. The Balaban J connectivity index is 1.53. The lowest BCUT2D eigenvalue weighted by Crippen LogP contribution is -2.37. The molecule has 1 unspecified atom stereocenters. The van der Waals surface area contributed by atoms with Gasteiger partial charge in [0.25, 0.3) is 5.91 Å². The maximum absolute atomic E-state index is 14.6. The summed E-state index contributed by atoms with van der Waals surface area (Å²) in [5, 5.41) is 14.4. The van der Waals surface area contributed by atoms with Crippen molar-refractivity contribution >= 4 is 17.5 Å². The molecule has 1 aliphatic heterocycles.